The van der Waals surface area contributed by atoms with Crippen LogP contribution in [0.15, 0.2) is 42.5 Å². The Bertz CT molecular complexity index is 820. The second kappa shape index (κ2) is 8.44. The minimum absolute atomic E-state index is 0.0995. The zero-order chi connectivity index (χ0) is 19.2. The van der Waals surface area contributed by atoms with Crippen LogP contribution in [0.4, 0.5) is 10.5 Å². The molecule has 0 radical (unpaired) electrons. The highest BCUT2D eigenvalue weighted by Gasteiger charge is 2.21. The maximum absolute atomic E-state index is 12.2. The minimum atomic E-state index is -0.344. The van der Waals surface area contributed by atoms with Gasteiger partial charge in [-0.05, 0) is 53.9 Å². The standard InChI is InChI=1S/C20H22N2O5/c1-25-17-5-7-18(8-6-17)27-13-19(23)21-16-4-3-14-9-10-22(20(24)26-2)12-15(14)11-16/h3-8,11H,9-10,12-13H2,1-2H3,(H,21,23). The van der Waals surface area contributed by atoms with Gasteiger partial charge in [-0.15, -0.1) is 0 Å². The van der Waals surface area contributed by atoms with Crippen molar-refractivity contribution in [2.24, 2.45) is 0 Å². The Kier molecular flexibility index (Phi) is 5.80. The number of rotatable bonds is 5. The highest BCUT2D eigenvalue weighted by Crippen LogP contribution is 2.23. The first-order valence-corrected chi connectivity index (χ1v) is 8.60. The quantitative estimate of drug-likeness (QED) is 0.876. The van der Waals surface area contributed by atoms with E-state index < -0.39 is 0 Å². The molecule has 7 heteroatoms. The zero-order valence-electron chi connectivity index (χ0n) is 15.4. The van der Waals surface area contributed by atoms with Crippen LogP contribution in [0.5, 0.6) is 11.5 Å². The van der Waals surface area contributed by atoms with Crippen molar-refractivity contribution in [3.8, 4) is 11.5 Å². The van der Waals surface area contributed by atoms with E-state index in [1.807, 2.05) is 18.2 Å². The van der Waals surface area contributed by atoms with Gasteiger partial charge in [0.15, 0.2) is 6.61 Å². The Morgan fingerprint density at radius 2 is 1.78 bits per heavy atom. The molecule has 0 saturated heterocycles. The third-order valence-electron chi connectivity index (χ3n) is 4.36. The average molecular weight is 370 g/mol. The molecular formula is C20H22N2O5. The SMILES string of the molecule is COC(=O)N1CCc2ccc(NC(=O)COc3ccc(OC)cc3)cc2C1. The largest absolute Gasteiger partial charge is 0.497 e. The molecule has 3 rings (SSSR count). The molecule has 1 aliphatic rings. The highest BCUT2D eigenvalue weighted by molar-refractivity contribution is 5.92. The van der Waals surface area contributed by atoms with Crippen molar-refractivity contribution >= 4 is 17.7 Å². The van der Waals surface area contributed by atoms with Crippen molar-refractivity contribution < 1.29 is 23.8 Å². The lowest BCUT2D eigenvalue weighted by Crippen LogP contribution is -2.35. The van der Waals surface area contributed by atoms with Crippen molar-refractivity contribution in [3.63, 3.8) is 0 Å². The summed E-state index contributed by atoms with van der Waals surface area (Å²) in [7, 11) is 2.96. The number of carbonyl (C=O) groups is 2. The van der Waals surface area contributed by atoms with Gasteiger partial charge in [-0.1, -0.05) is 6.07 Å². The van der Waals surface area contributed by atoms with Crippen LogP contribution < -0.4 is 14.8 Å². The summed E-state index contributed by atoms with van der Waals surface area (Å²) in [5, 5.41) is 2.82. The first-order valence-electron chi connectivity index (χ1n) is 8.60. The van der Waals surface area contributed by atoms with Crippen LogP contribution >= 0.6 is 0 Å². The molecule has 2 aromatic rings. The second-order valence-electron chi connectivity index (χ2n) is 6.14. The second-order valence-corrected chi connectivity index (χ2v) is 6.14. The molecule has 0 aliphatic carbocycles. The van der Waals surface area contributed by atoms with Gasteiger partial charge < -0.3 is 24.4 Å². The number of benzene rings is 2. The molecule has 0 unspecified atom stereocenters. The van der Waals surface area contributed by atoms with E-state index in [1.165, 1.54) is 12.7 Å². The van der Waals surface area contributed by atoms with Gasteiger partial charge in [0.05, 0.1) is 14.2 Å². The Labute approximate surface area is 157 Å². The van der Waals surface area contributed by atoms with E-state index in [0.29, 0.717) is 24.5 Å². The predicted octanol–water partition coefficient (Wildman–Crippen LogP) is 2.84. The number of anilines is 1. The van der Waals surface area contributed by atoms with E-state index in [4.69, 9.17) is 14.2 Å². The Balaban J connectivity index is 1.57. The lowest BCUT2D eigenvalue weighted by molar-refractivity contribution is -0.118. The van der Waals surface area contributed by atoms with E-state index in [-0.39, 0.29) is 18.6 Å². The molecular weight excluding hydrogens is 348 g/mol. The maximum Gasteiger partial charge on any atom is 0.409 e. The third-order valence-corrected chi connectivity index (χ3v) is 4.36. The number of hydrogen-bond acceptors (Lipinski definition) is 5. The van der Waals surface area contributed by atoms with Crippen molar-refractivity contribution in [3.05, 3.63) is 53.6 Å². The van der Waals surface area contributed by atoms with Crippen LogP contribution in [0.1, 0.15) is 11.1 Å². The van der Waals surface area contributed by atoms with E-state index in [9.17, 15) is 9.59 Å². The molecule has 27 heavy (non-hydrogen) atoms. The number of nitrogens with zero attached hydrogens (tertiary/aromatic N) is 1. The highest BCUT2D eigenvalue weighted by atomic mass is 16.5. The summed E-state index contributed by atoms with van der Waals surface area (Å²) in [5.41, 5.74) is 2.84. The average Bonchev–Trinajstić information content (AvgIpc) is 2.71. The fourth-order valence-electron chi connectivity index (χ4n) is 2.94. The molecule has 1 N–H and O–H groups in total. The molecule has 0 saturated carbocycles. The van der Waals surface area contributed by atoms with Crippen molar-refractivity contribution in [1.82, 2.24) is 4.90 Å². The maximum atomic E-state index is 12.2. The molecule has 2 aromatic carbocycles. The topological polar surface area (TPSA) is 77.1 Å². The summed E-state index contributed by atoms with van der Waals surface area (Å²) in [5.74, 6) is 1.05. The number of carbonyl (C=O) groups excluding carboxylic acids is 2. The molecule has 7 nitrogen and oxygen atoms in total. The Morgan fingerprint density at radius 1 is 1.04 bits per heavy atom. The monoisotopic (exact) mass is 370 g/mol. The van der Waals surface area contributed by atoms with Gasteiger partial charge in [-0.2, -0.15) is 0 Å². The summed E-state index contributed by atoms with van der Waals surface area (Å²) in [4.78, 5) is 25.5. The van der Waals surface area contributed by atoms with E-state index in [0.717, 1.165) is 17.7 Å². The summed E-state index contributed by atoms with van der Waals surface area (Å²) >= 11 is 0. The number of hydrogen-bond donors (Lipinski definition) is 1. The molecule has 1 aliphatic heterocycles. The van der Waals surface area contributed by atoms with E-state index in [1.54, 1.807) is 36.3 Å². The van der Waals surface area contributed by atoms with Crippen LogP contribution in [0.25, 0.3) is 0 Å². The van der Waals surface area contributed by atoms with Gasteiger partial charge in [0.25, 0.3) is 5.91 Å². The first-order chi connectivity index (χ1) is 13.1. The van der Waals surface area contributed by atoms with Crippen LogP contribution in [0.2, 0.25) is 0 Å². The smallest absolute Gasteiger partial charge is 0.409 e. The molecule has 0 atom stereocenters. The summed E-state index contributed by atoms with van der Waals surface area (Å²) in [6.07, 6.45) is 0.419. The molecule has 142 valence electrons. The predicted molar refractivity (Wildman–Crippen MR) is 100 cm³/mol. The fraction of sp³-hybridized carbons (Fsp3) is 0.300. The number of amides is 2. The number of ether oxygens (including phenoxy) is 3. The van der Waals surface area contributed by atoms with Gasteiger partial charge in [0.2, 0.25) is 0 Å². The molecule has 1 heterocycles. The van der Waals surface area contributed by atoms with Crippen LogP contribution in [0.3, 0.4) is 0 Å². The van der Waals surface area contributed by atoms with Crippen LogP contribution in [-0.4, -0.2) is 44.3 Å². The van der Waals surface area contributed by atoms with Crippen LogP contribution in [-0.2, 0) is 22.5 Å². The Hall–Kier alpha value is -3.22. The van der Waals surface area contributed by atoms with Gasteiger partial charge in [-0.3, -0.25) is 4.79 Å². The van der Waals surface area contributed by atoms with Gasteiger partial charge in [-0.25, -0.2) is 4.79 Å². The number of nitrogens with one attached hydrogen (secondary N) is 1. The zero-order valence-corrected chi connectivity index (χ0v) is 15.4. The third kappa shape index (κ3) is 4.69. The summed E-state index contributed by atoms with van der Waals surface area (Å²) in [6.45, 7) is 0.993. The normalized spacial score (nSPS) is 12.7. The van der Waals surface area contributed by atoms with E-state index in [2.05, 4.69) is 5.32 Å². The lowest BCUT2D eigenvalue weighted by Gasteiger charge is -2.28. The van der Waals surface area contributed by atoms with Crippen molar-refractivity contribution in [1.29, 1.82) is 0 Å². The van der Waals surface area contributed by atoms with E-state index >= 15 is 0 Å². The number of fused-ring (bicyclic) bond motifs is 1. The molecule has 0 spiro atoms. The van der Waals surface area contributed by atoms with Gasteiger partial charge in [0, 0.05) is 18.8 Å². The minimum Gasteiger partial charge on any atom is -0.497 e. The summed E-state index contributed by atoms with van der Waals surface area (Å²) in [6, 6.07) is 12.7. The molecule has 0 bridgehead atoms. The number of methoxy groups -OCH3 is 2. The molecule has 0 fully saturated rings. The van der Waals surface area contributed by atoms with Crippen molar-refractivity contribution in [2.75, 3.05) is 32.7 Å². The van der Waals surface area contributed by atoms with Gasteiger partial charge in [0.1, 0.15) is 11.5 Å². The first kappa shape index (κ1) is 18.6. The Morgan fingerprint density at radius 3 is 2.48 bits per heavy atom. The lowest BCUT2D eigenvalue weighted by atomic mass is 9.99. The van der Waals surface area contributed by atoms with Crippen molar-refractivity contribution in [2.45, 2.75) is 13.0 Å². The van der Waals surface area contributed by atoms with Gasteiger partial charge >= 0.3 is 6.09 Å². The van der Waals surface area contributed by atoms with Crippen LogP contribution in [0, 0.1) is 0 Å². The molecule has 0 aromatic heterocycles. The fourth-order valence-corrected chi connectivity index (χ4v) is 2.94. The summed E-state index contributed by atoms with van der Waals surface area (Å²) < 4.78 is 15.3. The molecule has 2 amide bonds.